The summed E-state index contributed by atoms with van der Waals surface area (Å²) in [5, 5.41) is 3.22. The summed E-state index contributed by atoms with van der Waals surface area (Å²) in [4.78, 5) is 13.9. The summed E-state index contributed by atoms with van der Waals surface area (Å²) in [6.45, 7) is 9.34. The van der Waals surface area contributed by atoms with Crippen LogP contribution in [0, 0.1) is 17.8 Å². The third kappa shape index (κ3) is 3.49. The van der Waals surface area contributed by atoms with Crippen molar-refractivity contribution in [3.63, 3.8) is 0 Å². The zero-order valence-corrected chi connectivity index (χ0v) is 10.4. The Morgan fingerprint density at radius 2 is 2.00 bits per heavy atom. The number of nitrogens with one attached hydrogen (secondary N) is 1. The average Bonchev–Trinajstić information content (AvgIpc) is 2.09. The summed E-state index contributed by atoms with van der Waals surface area (Å²) >= 11 is 0. The van der Waals surface area contributed by atoms with Gasteiger partial charge in [0, 0.05) is 19.5 Å². The van der Waals surface area contributed by atoms with Gasteiger partial charge in [0.1, 0.15) is 0 Å². The van der Waals surface area contributed by atoms with Crippen LogP contribution in [0.1, 0.15) is 27.2 Å². The Morgan fingerprint density at radius 1 is 1.40 bits per heavy atom. The van der Waals surface area contributed by atoms with Crippen molar-refractivity contribution in [2.75, 3.05) is 26.7 Å². The Kier molecular flexibility index (Phi) is 4.58. The summed E-state index contributed by atoms with van der Waals surface area (Å²) < 4.78 is 0. The third-order valence-corrected chi connectivity index (χ3v) is 3.33. The molecule has 0 spiro atoms. The summed E-state index contributed by atoms with van der Waals surface area (Å²) in [6, 6.07) is 0. The van der Waals surface area contributed by atoms with Gasteiger partial charge < -0.3 is 10.2 Å². The lowest BCUT2D eigenvalue weighted by molar-refractivity contribution is -0.136. The first-order chi connectivity index (χ1) is 7.02. The van der Waals surface area contributed by atoms with Gasteiger partial charge in [-0.2, -0.15) is 0 Å². The topological polar surface area (TPSA) is 32.3 Å². The number of hydrogen-bond donors (Lipinski definition) is 1. The van der Waals surface area contributed by atoms with Crippen LogP contribution >= 0.6 is 0 Å². The third-order valence-electron chi connectivity index (χ3n) is 3.33. The molecule has 0 radical (unpaired) electrons. The second-order valence-electron chi connectivity index (χ2n) is 5.15. The highest BCUT2D eigenvalue weighted by Gasteiger charge is 2.30. The van der Waals surface area contributed by atoms with Crippen LogP contribution in [-0.4, -0.2) is 37.5 Å². The molecule has 15 heavy (non-hydrogen) atoms. The highest BCUT2D eigenvalue weighted by Crippen LogP contribution is 2.18. The smallest absolute Gasteiger partial charge is 0.225 e. The first kappa shape index (κ1) is 12.5. The molecule has 1 unspecified atom stereocenters. The Labute approximate surface area is 93.2 Å². The van der Waals surface area contributed by atoms with Crippen LogP contribution in [0.2, 0.25) is 0 Å². The van der Waals surface area contributed by atoms with Crippen LogP contribution in [0.3, 0.4) is 0 Å². The minimum atomic E-state index is 0.184. The minimum absolute atomic E-state index is 0.184. The molecule has 0 aromatic carbocycles. The zero-order valence-electron chi connectivity index (χ0n) is 10.4. The minimum Gasteiger partial charge on any atom is -0.346 e. The number of nitrogens with zero attached hydrogens (tertiary/aromatic N) is 1. The van der Waals surface area contributed by atoms with E-state index in [0.717, 1.165) is 26.1 Å². The van der Waals surface area contributed by atoms with Gasteiger partial charge in [-0.25, -0.2) is 0 Å². The summed E-state index contributed by atoms with van der Waals surface area (Å²) in [6.07, 6.45) is 1.10. The fraction of sp³-hybridized carbons (Fsp3) is 0.917. The van der Waals surface area contributed by atoms with Crippen molar-refractivity contribution in [1.82, 2.24) is 10.2 Å². The highest BCUT2D eigenvalue weighted by atomic mass is 16.2. The molecule has 3 heteroatoms. The second kappa shape index (κ2) is 5.50. The van der Waals surface area contributed by atoms with E-state index >= 15 is 0 Å². The summed E-state index contributed by atoms with van der Waals surface area (Å²) in [7, 11) is 1.92. The molecule has 1 saturated heterocycles. The van der Waals surface area contributed by atoms with Crippen molar-refractivity contribution < 1.29 is 4.79 Å². The maximum absolute atomic E-state index is 12.0. The molecular formula is C12H24N2O. The Bertz CT molecular complexity index is 212. The molecule has 1 aliphatic rings. The molecule has 3 nitrogen and oxygen atoms in total. The molecule has 0 bridgehead atoms. The van der Waals surface area contributed by atoms with Crippen LogP contribution in [0.5, 0.6) is 0 Å². The lowest BCUT2D eigenvalue weighted by atomic mass is 9.88. The second-order valence-corrected chi connectivity index (χ2v) is 5.15. The van der Waals surface area contributed by atoms with Gasteiger partial charge in [0.05, 0.1) is 0 Å². The maximum Gasteiger partial charge on any atom is 0.225 e. The van der Waals surface area contributed by atoms with E-state index in [-0.39, 0.29) is 5.92 Å². The summed E-state index contributed by atoms with van der Waals surface area (Å²) in [5.41, 5.74) is 0. The zero-order chi connectivity index (χ0) is 11.4. The molecule has 1 rings (SSSR count). The molecule has 0 aromatic heterocycles. The van der Waals surface area contributed by atoms with Crippen molar-refractivity contribution in [3.8, 4) is 0 Å². The SMILES string of the molecule is CC(C)CCN(C)C(=O)C(C)C1CNC1. The predicted molar refractivity (Wildman–Crippen MR) is 62.6 cm³/mol. The Balaban J connectivity index is 2.30. The van der Waals surface area contributed by atoms with Gasteiger partial charge in [-0.05, 0) is 31.3 Å². The lowest BCUT2D eigenvalue weighted by Crippen LogP contribution is -2.50. The number of carbonyl (C=O) groups is 1. The van der Waals surface area contributed by atoms with Gasteiger partial charge in [0.15, 0.2) is 0 Å². The normalized spacial score (nSPS) is 18.7. The van der Waals surface area contributed by atoms with E-state index in [1.54, 1.807) is 0 Å². The van der Waals surface area contributed by atoms with Gasteiger partial charge in [-0.15, -0.1) is 0 Å². The van der Waals surface area contributed by atoms with Crippen LogP contribution in [0.4, 0.5) is 0 Å². The number of rotatable bonds is 5. The molecule has 0 aromatic rings. The van der Waals surface area contributed by atoms with Crippen LogP contribution in [-0.2, 0) is 4.79 Å². The number of hydrogen-bond acceptors (Lipinski definition) is 2. The molecule has 0 saturated carbocycles. The van der Waals surface area contributed by atoms with Crippen molar-refractivity contribution in [2.24, 2.45) is 17.8 Å². The molecule has 1 amide bonds. The molecule has 1 N–H and O–H groups in total. The van der Waals surface area contributed by atoms with Gasteiger partial charge in [-0.1, -0.05) is 20.8 Å². The van der Waals surface area contributed by atoms with Crippen LogP contribution in [0.25, 0.3) is 0 Å². The summed E-state index contributed by atoms with van der Waals surface area (Å²) in [5.74, 6) is 1.71. The largest absolute Gasteiger partial charge is 0.346 e. The maximum atomic E-state index is 12.0. The first-order valence-corrected chi connectivity index (χ1v) is 5.98. The van der Waals surface area contributed by atoms with Crippen LogP contribution in [0.15, 0.2) is 0 Å². The van der Waals surface area contributed by atoms with E-state index in [1.165, 1.54) is 0 Å². The Morgan fingerprint density at radius 3 is 2.40 bits per heavy atom. The molecule has 1 heterocycles. The predicted octanol–water partition coefficient (Wildman–Crippen LogP) is 1.35. The number of amides is 1. The molecule has 88 valence electrons. The van der Waals surface area contributed by atoms with Crippen molar-refractivity contribution in [3.05, 3.63) is 0 Å². The monoisotopic (exact) mass is 212 g/mol. The number of carbonyl (C=O) groups excluding carboxylic acids is 1. The molecule has 0 aliphatic carbocycles. The van der Waals surface area contributed by atoms with E-state index in [1.807, 2.05) is 11.9 Å². The molecule has 1 atom stereocenters. The van der Waals surface area contributed by atoms with E-state index in [4.69, 9.17) is 0 Å². The molecular weight excluding hydrogens is 188 g/mol. The van der Waals surface area contributed by atoms with Crippen molar-refractivity contribution in [2.45, 2.75) is 27.2 Å². The van der Waals surface area contributed by atoms with E-state index in [0.29, 0.717) is 17.7 Å². The molecule has 1 fully saturated rings. The highest BCUT2D eigenvalue weighted by molar-refractivity contribution is 5.78. The van der Waals surface area contributed by atoms with Gasteiger partial charge in [0.25, 0.3) is 0 Å². The average molecular weight is 212 g/mol. The quantitative estimate of drug-likeness (QED) is 0.746. The van der Waals surface area contributed by atoms with E-state index in [9.17, 15) is 4.79 Å². The van der Waals surface area contributed by atoms with Gasteiger partial charge in [-0.3, -0.25) is 4.79 Å². The molecule has 1 aliphatic heterocycles. The lowest BCUT2D eigenvalue weighted by Gasteiger charge is -2.34. The van der Waals surface area contributed by atoms with Crippen LogP contribution < -0.4 is 5.32 Å². The fourth-order valence-electron chi connectivity index (χ4n) is 1.78. The van der Waals surface area contributed by atoms with Crippen molar-refractivity contribution in [1.29, 1.82) is 0 Å². The van der Waals surface area contributed by atoms with Gasteiger partial charge in [0.2, 0.25) is 5.91 Å². The standard InChI is InChI=1S/C12H24N2O/c1-9(2)5-6-14(4)12(15)10(3)11-7-13-8-11/h9-11,13H,5-8H2,1-4H3. The van der Waals surface area contributed by atoms with Gasteiger partial charge >= 0.3 is 0 Å². The first-order valence-electron chi connectivity index (χ1n) is 5.98. The van der Waals surface area contributed by atoms with E-state index < -0.39 is 0 Å². The van der Waals surface area contributed by atoms with Crippen molar-refractivity contribution >= 4 is 5.91 Å². The Hall–Kier alpha value is -0.570. The fourth-order valence-corrected chi connectivity index (χ4v) is 1.78. The van der Waals surface area contributed by atoms with E-state index in [2.05, 4.69) is 26.1 Å².